The molecule has 1 unspecified atom stereocenters. The maximum absolute atomic E-state index is 13.4. The van der Waals surface area contributed by atoms with Crippen molar-refractivity contribution in [1.29, 1.82) is 0 Å². The van der Waals surface area contributed by atoms with E-state index in [2.05, 4.69) is 6.92 Å². The number of methoxy groups -OCH3 is 1. The minimum Gasteiger partial charge on any atom is -0.503 e. The standard InChI is InChI=1S/C32H33NO5/c1-3-4-21-38-27-18-16-25(22-28(27)37-2)30-29(26(34)17-15-23-11-7-5-8-12-23)31(35)32(36)33(30)20-19-24-13-9-6-10-14-24/h5-18,22,30,35H,3-4,19-21H2,1-2H3/b17-15+. The summed E-state index contributed by atoms with van der Waals surface area (Å²) in [6.07, 6.45) is 5.59. The number of benzene rings is 3. The molecule has 0 fully saturated rings. The first-order valence-corrected chi connectivity index (χ1v) is 12.9. The van der Waals surface area contributed by atoms with Gasteiger partial charge < -0.3 is 19.5 Å². The molecule has 1 atom stereocenters. The Morgan fingerprint density at radius 3 is 2.39 bits per heavy atom. The van der Waals surface area contributed by atoms with E-state index in [0.717, 1.165) is 24.0 Å². The molecule has 3 aromatic carbocycles. The second-order valence-corrected chi connectivity index (χ2v) is 9.12. The lowest BCUT2D eigenvalue weighted by Crippen LogP contribution is -2.33. The Bertz CT molecular complexity index is 1310. The Hall–Kier alpha value is -4.32. The molecule has 0 saturated carbocycles. The number of hydrogen-bond donors (Lipinski definition) is 1. The highest BCUT2D eigenvalue weighted by atomic mass is 16.5. The number of amides is 1. The van der Waals surface area contributed by atoms with Gasteiger partial charge >= 0.3 is 0 Å². The molecule has 196 valence electrons. The van der Waals surface area contributed by atoms with Crippen molar-refractivity contribution in [2.45, 2.75) is 32.2 Å². The molecular formula is C32H33NO5. The van der Waals surface area contributed by atoms with Crippen LogP contribution in [0.5, 0.6) is 11.5 Å². The number of ketones is 1. The van der Waals surface area contributed by atoms with Gasteiger partial charge in [-0.15, -0.1) is 0 Å². The summed E-state index contributed by atoms with van der Waals surface area (Å²) in [6, 6.07) is 23.8. The Labute approximate surface area is 223 Å². The molecule has 1 heterocycles. The van der Waals surface area contributed by atoms with E-state index in [1.165, 1.54) is 6.08 Å². The number of rotatable bonds is 12. The van der Waals surface area contributed by atoms with Gasteiger partial charge in [0.25, 0.3) is 5.91 Å². The predicted molar refractivity (Wildman–Crippen MR) is 148 cm³/mol. The van der Waals surface area contributed by atoms with Crippen molar-refractivity contribution in [3.05, 3.63) is 113 Å². The summed E-state index contributed by atoms with van der Waals surface area (Å²) in [5.41, 5.74) is 2.61. The van der Waals surface area contributed by atoms with Gasteiger partial charge in [-0.05, 0) is 47.7 Å². The van der Waals surface area contributed by atoms with E-state index >= 15 is 0 Å². The van der Waals surface area contributed by atoms with Crippen molar-refractivity contribution in [3.63, 3.8) is 0 Å². The first-order valence-electron chi connectivity index (χ1n) is 12.9. The highest BCUT2D eigenvalue weighted by Gasteiger charge is 2.43. The zero-order chi connectivity index (χ0) is 26.9. The van der Waals surface area contributed by atoms with Crippen LogP contribution in [0.2, 0.25) is 0 Å². The molecule has 0 saturated heterocycles. The number of carbonyl (C=O) groups is 2. The number of allylic oxidation sites excluding steroid dienone is 1. The Morgan fingerprint density at radius 2 is 1.71 bits per heavy atom. The van der Waals surface area contributed by atoms with Crippen LogP contribution >= 0.6 is 0 Å². The quantitative estimate of drug-likeness (QED) is 0.235. The molecule has 0 radical (unpaired) electrons. The third kappa shape index (κ3) is 6.14. The van der Waals surface area contributed by atoms with Gasteiger partial charge in [0, 0.05) is 6.54 Å². The SMILES string of the molecule is CCCCOc1ccc(C2C(C(=O)/C=C/c3ccccc3)=C(O)C(=O)N2CCc2ccccc2)cc1OC. The summed E-state index contributed by atoms with van der Waals surface area (Å²) < 4.78 is 11.5. The topological polar surface area (TPSA) is 76.1 Å². The lowest BCUT2D eigenvalue weighted by Gasteiger charge is -2.27. The molecule has 1 aliphatic rings. The molecule has 4 rings (SSSR count). The maximum atomic E-state index is 13.4. The van der Waals surface area contributed by atoms with Crippen LogP contribution in [0.1, 0.15) is 42.5 Å². The molecule has 38 heavy (non-hydrogen) atoms. The molecule has 6 nitrogen and oxygen atoms in total. The van der Waals surface area contributed by atoms with Gasteiger partial charge in [0.2, 0.25) is 0 Å². The minimum atomic E-state index is -0.766. The highest BCUT2D eigenvalue weighted by Crippen LogP contribution is 2.41. The summed E-state index contributed by atoms with van der Waals surface area (Å²) in [4.78, 5) is 28.3. The predicted octanol–water partition coefficient (Wildman–Crippen LogP) is 6.09. The molecule has 0 bridgehead atoms. The summed E-state index contributed by atoms with van der Waals surface area (Å²) >= 11 is 0. The van der Waals surface area contributed by atoms with Crippen LogP contribution in [-0.2, 0) is 16.0 Å². The third-order valence-electron chi connectivity index (χ3n) is 6.54. The third-order valence-corrected chi connectivity index (χ3v) is 6.54. The van der Waals surface area contributed by atoms with Crippen molar-refractivity contribution < 1.29 is 24.2 Å². The zero-order valence-electron chi connectivity index (χ0n) is 21.8. The molecule has 6 heteroatoms. The highest BCUT2D eigenvalue weighted by molar-refractivity contribution is 6.14. The van der Waals surface area contributed by atoms with Crippen molar-refractivity contribution >= 4 is 17.8 Å². The fourth-order valence-electron chi connectivity index (χ4n) is 4.50. The first kappa shape index (κ1) is 26.7. The second-order valence-electron chi connectivity index (χ2n) is 9.12. The molecule has 1 N–H and O–H groups in total. The average molecular weight is 512 g/mol. The number of aliphatic hydroxyl groups is 1. The average Bonchev–Trinajstić information content (AvgIpc) is 3.21. The number of aliphatic hydroxyl groups excluding tert-OH is 1. The minimum absolute atomic E-state index is 0.0527. The van der Waals surface area contributed by atoms with Crippen LogP contribution in [-0.4, -0.2) is 42.0 Å². The van der Waals surface area contributed by atoms with Crippen molar-refractivity contribution in [1.82, 2.24) is 4.90 Å². The lowest BCUT2D eigenvalue weighted by atomic mass is 9.95. The van der Waals surface area contributed by atoms with Crippen molar-refractivity contribution in [2.75, 3.05) is 20.3 Å². The van der Waals surface area contributed by atoms with E-state index in [1.54, 1.807) is 30.2 Å². The van der Waals surface area contributed by atoms with Crippen LogP contribution in [0.3, 0.4) is 0 Å². The molecular weight excluding hydrogens is 478 g/mol. The van der Waals surface area contributed by atoms with Gasteiger partial charge in [-0.3, -0.25) is 9.59 Å². The lowest BCUT2D eigenvalue weighted by molar-refractivity contribution is -0.129. The summed E-state index contributed by atoms with van der Waals surface area (Å²) in [5.74, 6) is -0.409. The van der Waals surface area contributed by atoms with E-state index in [1.807, 2.05) is 66.7 Å². The van der Waals surface area contributed by atoms with Crippen LogP contribution in [0.25, 0.3) is 6.08 Å². The van der Waals surface area contributed by atoms with Crippen LogP contribution in [0.4, 0.5) is 0 Å². The van der Waals surface area contributed by atoms with Crippen molar-refractivity contribution in [2.24, 2.45) is 0 Å². The number of nitrogens with zero attached hydrogens (tertiary/aromatic N) is 1. The fourth-order valence-corrected chi connectivity index (χ4v) is 4.50. The van der Waals surface area contributed by atoms with Gasteiger partial charge in [0.05, 0.1) is 25.3 Å². The number of hydrogen-bond acceptors (Lipinski definition) is 5. The van der Waals surface area contributed by atoms with Crippen LogP contribution < -0.4 is 9.47 Å². The fraction of sp³-hybridized carbons (Fsp3) is 0.250. The van der Waals surface area contributed by atoms with Gasteiger partial charge in [0.1, 0.15) is 0 Å². The summed E-state index contributed by atoms with van der Waals surface area (Å²) in [6.45, 7) is 2.98. The Morgan fingerprint density at radius 1 is 1.00 bits per heavy atom. The van der Waals surface area contributed by atoms with Crippen LogP contribution in [0.15, 0.2) is 96.3 Å². The summed E-state index contributed by atoms with van der Waals surface area (Å²) in [5, 5.41) is 10.9. The molecule has 1 aliphatic heterocycles. The second kappa shape index (κ2) is 12.8. The number of unbranched alkanes of at least 4 members (excludes halogenated alkanes) is 1. The molecule has 3 aromatic rings. The summed E-state index contributed by atoms with van der Waals surface area (Å²) in [7, 11) is 1.56. The van der Waals surface area contributed by atoms with Crippen LogP contribution in [0, 0.1) is 0 Å². The normalized spacial score (nSPS) is 15.4. The van der Waals surface area contributed by atoms with E-state index in [4.69, 9.17) is 9.47 Å². The van der Waals surface area contributed by atoms with Crippen molar-refractivity contribution in [3.8, 4) is 11.5 Å². The largest absolute Gasteiger partial charge is 0.503 e. The molecule has 0 aliphatic carbocycles. The molecule has 1 amide bonds. The zero-order valence-corrected chi connectivity index (χ0v) is 21.8. The van der Waals surface area contributed by atoms with Gasteiger partial charge in [-0.2, -0.15) is 0 Å². The van der Waals surface area contributed by atoms with Gasteiger partial charge in [-0.25, -0.2) is 0 Å². The van der Waals surface area contributed by atoms with E-state index in [0.29, 0.717) is 36.6 Å². The van der Waals surface area contributed by atoms with Gasteiger partial charge in [-0.1, -0.05) is 86.2 Å². The number of carbonyl (C=O) groups excluding carboxylic acids is 2. The smallest absolute Gasteiger partial charge is 0.290 e. The van der Waals surface area contributed by atoms with E-state index < -0.39 is 23.5 Å². The first-order chi connectivity index (χ1) is 18.5. The monoisotopic (exact) mass is 511 g/mol. The number of ether oxygens (including phenoxy) is 2. The van der Waals surface area contributed by atoms with Gasteiger partial charge in [0.15, 0.2) is 23.0 Å². The molecule has 0 spiro atoms. The Kier molecular flexibility index (Phi) is 8.98. The molecule has 0 aromatic heterocycles. The van der Waals surface area contributed by atoms with E-state index in [-0.39, 0.29) is 5.57 Å². The maximum Gasteiger partial charge on any atom is 0.290 e. The van der Waals surface area contributed by atoms with E-state index in [9.17, 15) is 14.7 Å². The Balaban J connectivity index is 1.69.